The van der Waals surface area contributed by atoms with Gasteiger partial charge in [-0.2, -0.15) is 0 Å². The van der Waals surface area contributed by atoms with E-state index in [9.17, 15) is 0 Å². The second kappa shape index (κ2) is 6.78. The van der Waals surface area contributed by atoms with E-state index >= 15 is 0 Å². The van der Waals surface area contributed by atoms with Crippen LogP contribution >= 0.6 is 0 Å². The van der Waals surface area contributed by atoms with E-state index in [1.807, 2.05) is 6.20 Å². The van der Waals surface area contributed by atoms with Crippen molar-refractivity contribution in [2.45, 2.75) is 65.5 Å². The maximum Gasteiger partial charge on any atom is 0.0572 e. The van der Waals surface area contributed by atoms with Crippen LogP contribution in [0.4, 0.5) is 5.69 Å². The number of nitrogens with one attached hydrogen (secondary N) is 1. The Kier molecular flexibility index (Phi) is 5.26. The second-order valence-corrected chi connectivity index (χ2v) is 7.23. The van der Waals surface area contributed by atoms with Crippen LogP contribution in [-0.4, -0.2) is 24.6 Å². The highest BCUT2D eigenvalue weighted by Gasteiger charge is 2.29. The first-order chi connectivity index (χ1) is 9.93. The van der Waals surface area contributed by atoms with Gasteiger partial charge >= 0.3 is 0 Å². The Balaban J connectivity index is 1.98. The van der Waals surface area contributed by atoms with Crippen molar-refractivity contribution < 1.29 is 0 Å². The maximum absolute atomic E-state index is 4.64. The molecule has 1 unspecified atom stereocenters. The fraction of sp³-hybridized carbons (Fsp3) is 0.722. The molecule has 0 amide bonds. The number of aromatic nitrogens is 1. The van der Waals surface area contributed by atoms with E-state index in [1.165, 1.54) is 31.4 Å². The summed E-state index contributed by atoms with van der Waals surface area (Å²) in [5.74, 6) is 0. The van der Waals surface area contributed by atoms with Gasteiger partial charge in [0.25, 0.3) is 0 Å². The molecule has 0 aliphatic heterocycles. The number of hydrogen-bond acceptors (Lipinski definition) is 3. The first kappa shape index (κ1) is 16.3. The Morgan fingerprint density at radius 3 is 2.52 bits per heavy atom. The quantitative estimate of drug-likeness (QED) is 0.882. The Hall–Kier alpha value is -1.09. The number of pyridine rings is 1. The van der Waals surface area contributed by atoms with E-state index in [2.05, 4.69) is 62.1 Å². The van der Waals surface area contributed by atoms with Gasteiger partial charge in [0.2, 0.25) is 0 Å². The molecule has 0 aromatic carbocycles. The molecule has 118 valence electrons. The van der Waals surface area contributed by atoms with Gasteiger partial charge in [0, 0.05) is 19.1 Å². The third-order valence-electron chi connectivity index (χ3n) is 4.99. The Morgan fingerprint density at radius 1 is 1.33 bits per heavy atom. The molecule has 1 heterocycles. The molecule has 1 aliphatic carbocycles. The van der Waals surface area contributed by atoms with Gasteiger partial charge in [0.05, 0.1) is 17.6 Å². The van der Waals surface area contributed by atoms with E-state index in [4.69, 9.17) is 0 Å². The number of hydrogen-bond donors (Lipinski definition) is 1. The monoisotopic (exact) mass is 289 g/mol. The van der Waals surface area contributed by atoms with E-state index in [-0.39, 0.29) is 0 Å². The van der Waals surface area contributed by atoms with E-state index in [0.29, 0.717) is 17.5 Å². The van der Waals surface area contributed by atoms with Crippen LogP contribution in [0.15, 0.2) is 18.3 Å². The van der Waals surface area contributed by atoms with Gasteiger partial charge in [0.15, 0.2) is 0 Å². The van der Waals surface area contributed by atoms with Crippen molar-refractivity contribution in [2.24, 2.45) is 5.41 Å². The lowest BCUT2D eigenvalue weighted by Gasteiger charge is -2.39. The predicted molar refractivity (Wildman–Crippen MR) is 90.8 cm³/mol. The summed E-state index contributed by atoms with van der Waals surface area (Å²) in [5, 5.41) is 3.41. The fourth-order valence-electron chi connectivity index (χ4n) is 3.26. The van der Waals surface area contributed by atoms with Crippen LogP contribution in [0.25, 0.3) is 0 Å². The molecule has 2 rings (SSSR count). The normalized spacial score (nSPS) is 20.2. The SMILES string of the molecule is CCNC(C)c1ccc(N(C)C2CCC(C)(C)CC2)cn1. The summed E-state index contributed by atoms with van der Waals surface area (Å²) in [6.07, 6.45) is 7.26. The number of nitrogens with zero attached hydrogens (tertiary/aromatic N) is 2. The molecule has 0 spiro atoms. The largest absolute Gasteiger partial charge is 0.370 e. The van der Waals surface area contributed by atoms with Crippen LogP contribution in [0.1, 0.15) is 65.1 Å². The van der Waals surface area contributed by atoms with Crippen LogP contribution in [0.2, 0.25) is 0 Å². The van der Waals surface area contributed by atoms with Gasteiger partial charge in [-0.15, -0.1) is 0 Å². The molecule has 1 N–H and O–H groups in total. The highest BCUT2D eigenvalue weighted by atomic mass is 15.1. The topological polar surface area (TPSA) is 28.2 Å². The molecule has 3 nitrogen and oxygen atoms in total. The van der Waals surface area contributed by atoms with Crippen molar-refractivity contribution in [3.05, 3.63) is 24.0 Å². The van der Waals surface area contributed by atoms with Crippen LogP contribution in [0.5, 0.6) is 0 Å². The van der Waals surface area contributed by atoms with Crippen molar-refractivity contribution >= 4 is 5.69 Å². The predicted octanol–water partition coefficient (Wildman–Crippen LogP) is 4.16. The minimum absolute atomic E-state index is 0.324. The van der Waals surface area contributed by atoms with E-state index in [0.717, 1.165) is 12.2 Å². The number of anilines is 1. The van der Waals surface area contributed by atoms with Gasteiger partial charge in [-0.3, -0.25) is 4.98 Å². The first-order valence-electron chi connectivity index (χ1n) is 8.35. The zero-order chi connectivity index (χ0) is 15.5. The van der Waals surface area contributed by atoms with E-state index in [1.54, 1.807) is 0 Å². The lowest BCUT2D eigenvalue weighted by molar-refractivity contribution is 0.222. The molecule has 0 bridgehead atoms. The van der Waals surface area contributed by atoms with Crippen LogP contribution in [-0.2, 0) is 0 Å². The lowest BCUT2D eigenvalue weighted by Crippen LogP contribution is -2.37. The average Bonchev–Trinajstić information content (AvgIpc) is 2.47. The van der Waals surface area contributed by atoms with Crippen LogP contribution < -0.4 is 10.2 Å². The second-order valence-electron chi connectivity index (χ2n) is 7.23. The van der Waals surface area contributed by atoms with Crippen molar-refractivity contribution in [2.75, 3.05) is 18.5 Å². The average molecular weight is 289 g/mol. The molecule has 1 saturated carbocycles. The van der Waals surface area contributed by atoms with Gasteiger partial charge in [-0.1, -0.05) is 20.8 Å². The fourth-order valence-corrected chi connectivity index (χ4v) is 3.26. The standard InChI is InChI=1S/C18H31N3/c1-6-19-14(2)17-8-7-16(13-20-17)21(5)15-9-11-18(3,4)12-10-15/h7-8,13-15,19H,6,9-12H2,1-5H3. The molecular weight excluding hydrogens is 258 g/mol. The van der Waals surface area contributed by atoms with Crippen molar-refractivity contribution in [1.29, 1.82) is 0 Å². The summed E-state index contributed by atoms with van der Waals surface area (Å²) >= 11 is 0. The molecule has 0 saturated heterocycles. The molecule has 21 heavy (non-hydrogen) atoms. The maximum atomic E-state index is 4.64. The highest BCUT2D eigenvalue weighted by Crippen LogP contribution is 2.37. The van der Waals surface area contributed by atoms with Crippen LogP contribution in [0, 0.1) is 5.41 Å². The Bertz CT molecular complexity index is 428. The summed E-state index contributed by atoms with van der Waals surface area (Å²) in [4.78, 5) is 7.06. The highest BCUT2D eigenvalue weighted by molar-refractivity contribution is 5.45. The van der Waals surface area contributed by atoms with Crippen molar-refractivity contribution in [3.63, 3.8) is 0 Å². The summed E-state index contributed by atoms with van der Waals surface area (Å²) in [6, 6.07) is 5.36. The molecule has 1 fully saturated rings. The first-order valence-corrected chi connectivity index (χ1v) is 8.35. The zero-order valence-corrected chi connectivity index (χ0v) is 14.3. The van der Waals surface area contributed by atoms with Gasteiger partial charge in [-0.05, 0) is 56.7 Å². The van der Waals surface area contributed by atoms with Gasteiger partial charge in [-0.25, -0.2) is 0 Å². The van der Waals surface area contributed by atoms with Crippen LogP contribution in [0.3, 0.4) is 0 Å². The van der Waals surface area contributed by atoms with Gasteiger partial charge < -0.3 is 10.2 Å². The molecule has 1 aromatic rings. The summed E-state index contributed by atoms with van der Waals surface area (Å²) in [5.41, 5.74) is 2.90. The smallest absolute Gasteiger partial charge is 0.0572 e. The molecule has 1 aliphatic rings. The minimum atomic E-state index is 0.324. The minimum Gasteiger partial charge on any atom is -0.370 e. The molecule has 1 aromatic heterocycles. The molecular formula is C18H31N3. The Labute approximate surface area is 130 Å². The van der Waals surface area contributed by atoms with Crippen molar-refractivity contribution in [3.8, 4) is 0 Å². The lowest BCUT2D eigenvalue weighted by atomic mass is 9.75. The molecule has 3 heteroatoms. The Morgan fingerprint density at radius 2 is 2.00 bits per heavy atom. The zero-order valence-electron chi connectivity index (χ0n) is 14.3. The summed E-state index contributed by atoms with van der Waals surface area (Å²) < 4.78 is 0. The van der Waals surface area contributed by atoms with Gasteiger partial charge in [0.1, 0.15) is 0 Å². The third-order valence-corrected chi connectivity index (χ3v) is 4.99. The third kappa shape index (κ3) is 4.19. The van der Waals surface area contributed by atoms with E-state index < -0.39 is 0 Å². The molecule has 1 atom stereocenters. The number of rotatable bonds is 5. The summed E-state index contributed by atoms with van der Waals surface area (Å²) in [7, 11) is 2.22. The molecule has 0 radical (unpaired) electrons. The summed E-state index contributed by atoms with van der Waals surface area (Å²) in [6.45, 7) is 10.0. The van der Waals surface area contributed by atoms with Crippen molar-refractivity contribution in [1.82, 2.24) is 10.3 Å².